The SMILES string of the molecule is O=CC1Cc2ccc(F)cc21. The molecule has 0 bridgehead atoms. The Hall–Kier alpha value is -1.18. The summed E-state index contributed by atoms with van der Waals surface area (Å²) in [5.74, 6) is -0.309. The van der Waals surface area contributed by atoms with Crippen LogP contribution >= 0.6 is 0 Å². The van der Waals surface area contributed by atoms with E-state index in [1.165, 1.54) is 12.1 Å². The molecule has 0 fully saturated rings. The predicted octanol–water partition coefficient (Wildman–Crippen LogP) is 1.66. The fraction of sp³-hybridized carbons (Fsp3) is 0.222. The number of halogens is 1. The van der Waals surface area contributed by atoms with Gasteiger partial charge in [0.25, 0.3) is 0 Å². The molecule has 0 N–H and O–H groups in total. The quantitative estimate of drug-likeness (QED) is 0.556. The maximum atomic E-state index is 12.6. The zero-order chi connectivity index (χ0) is 7.84. The van der Waals surface area contributed by atoms with E-state index < -0.39 is 0 Å². The standard InChI is InChI=1S/C9H7FO/c10-8-2-1-6-3-7(5-11)9(6)4-8/h1-2,4-5,7H,3H2. The molecule has 0 aliphatic heterocycles. The summed E-state index contributed by atoms with van der Waals surface area (Å²) in [6.45, 7) is 0. The largest absolute Gasteiger partial charge is 0.303 e. The summed E-state index contributed by atoms with van der Waals surface area (Å²) in [4.78, 5) is 10.3. The van der Waals surface area contributed by atoms with Crippen molar-refractivity contribution in [2.75, 3.05) is 0 Å². The van der Waals surface area contributed by atoms with Crippen LogP contribution < -0.4 is 0 Å². The Labute approximate surface area is 63.8 Å². The highest BCUT2D eigenvalue weighted by Crippen LogP contribution is 2.33. The molecule has 1 nitrogen and oxygen atoms in total. The van der Waals surface area contributed by atoms with Gasteiger partial charge in [0.1, 0.15) is 12.1 Å². The third-order valence-electron chi connectivity index (χ3n) is 2.11. The lowest BCUT2D eigenvalue weighted by molar-refractivity contribution is -0.109. The summed E-state index contributed by atoms with van der Waals surface area (Å²) < 4.78 is 12.6. The molecule has 1 aliphatic carbocycles. The van der Waals surface area contributed by atoms with Gasteiger partial charge in [-0.15, -0.1) is 0 Å². The zero-order valence-electron chi connectivity index (χ0n) is 5.88. The smallest absolute Gasteiger partial charge is 0.127 e. The van der Waals surface area contributed by atoms with Crippen molar-refractivity contribution in [3.63, 3.8) is 0 Å². The number of benzene rings is 1. The molecule has 0 heterocycles. The van der Waals surface area contributed by atoms with Crippen molar-refractivity contribution >= 4 is 6.29 Å². The Morgan fingerprint density at radius 1 is 1.55 bits per heavy atom. The maximum absolute atomic E-state index is 12.6. The van der Waals surface area contributed by atoms with E-state index in [1.54, 1.807) is 6.07 Å². The van der Waals surface area contributed by atoms with Crippen LogP contribution in [0.4, 0.5) is 4.39 Å². The number of hydrogen-bond acceptors (Lipinski definition) is 1. The molecule has 0 aromatic heterocycles. The summed E-state index contributed by atoms with van der Waals surface area (Å²) in [7, 11) is 0. The molecule has 0 radical (unpaired) electrons. The molecule has 0 amide bonds. The average Bonchev–Trinajstić information content (AvgIpc) is 1.97. The maximum Gasteiger partial charge on any atom is 0.127 e. The fourth-order valence-corrected chi connectivity index (χ4v) is 1.43. The van der Waals surface area contributed by atoms with Crippen LogP contribution in [0, 0.1) is 5.82 Å². The first-order chi connectivity index (χ1) is 5.31. The number of rotatable bonds is 1. The second kappa shape index (κ2) is 2.16. The molecule has 0 saturated heterocycles. The van der Waals surface area contributed by atoms with Gasteiger partial charge in [0, 0.05) is 5.92 Å². The van der Waals surface area contributed by atoms with Crippen LogP contribution in [-0.4, -0.2) is 6.29 Å². The Morgan fingerprint density at radius 2 is 2.36 bits per heavy atom. The summed E-state index contributed by atoms with van der Waals surface area (Å²) in [6, 6.07) is 4.61. The molecule has 1 unspecified atom stereocenters. The number of hydrogen-bond donors (Lipinski definition) is 0. The van der Waals surface area contributed by atoms with Crippen molar-refractivity contribution in [2.45, 2.75) is 12.3 Å². The van der Waals surface area contributed by atoms with Gasteiger partial charge in [0.2, 0.25) is 0 Å². The van der Waals surface area contributed by atoms with E-state index in [0.29, 0.717) is 0 Å². The second-order valence-electron chi connectivity index (χ2n) is 2.79. The molecule has 0 spiro atoms. The van der Waals surface area contributed by atoms with Crippen LogP contribution in [0.1, 0.15) is 17.0 Å². The van der Waals surface area contributed by atoms with Gasteiger partial charge in [0.15, 0.2) is 0 Å². The molecular formula is C9H7FO. The van der Waals surface area contributed by atoms with Crippen LogP contribution in [0.2, 0.25) is 0 Å². The van der Waals surface area contributed by atoms with Gasteiger partial charge in [-0.1, -0.05) is 6.07 Å². The van der Waals surface area contributed by atoms with Crippen LogP contribution in [0.25, 0.3) is 0 Å². The fourth-order valence-electron chi connectivity index (χ4n) is 1.43. The van der Waals surface area contributed by atoms with Crippen molar-refractivity contribution < 1.29 is 9.18 Å². The predicted molar refractivity (Wildman–Crippen MR) is 38.9 cm³/mol. The molecular weight excluding hydrogens is 143 g/mol. The molecule has 1 atom stereocenters. The van der Waals surface area contributed by atoms with Gasteiger partial charge in [-0.3, -0.25) is 0 Å². The first-order valence-corrected chi connectivity index (χ1v) is 3.55. The Morgan fingerprint density at radius 3 is 3.09 bits per heavy atom. The third-order valence-corrected chi connectivity index (χ3v) is 2.11. The van der Waals surface area contributed by atoms with Crippen LogP contribution in [0.5, 0.6) is 0 Å². The molecule has 1 aromatic carbocycles. The van der Waals surface area contributed by atoms with E-state index in [2.05, 4.69) is 0 Å². The molecule has 56 valence electrons. The summed E-state index contributed by atoms with van der Waals surface area (Å²) in [5, 5.41) is 0. The number of fused-ring (bicyclic) bond motifs is 1. The first kappa shape index (κ1) is 6.53. The first-order valence-electron chi connectivity index (χ1n) is 3.55. The van der Waals surface area contributed by atoms with Crippen LogP contribution in [0.3, 0.4) is 0 Å². The molecule has 0 saturated carbocycles. The van der Waals surface area contributed by atoms with E-state index in [-0.39, 0.29) is 11.7 Å². The van der Waals surface area contributed by atoms with Gasteiger partial charge in [0.05, 0.1) is 0 Å². The number of carbonyl (C=O) groups excluding carboxylic acids is 1. The normalized spacial score (nSPS) is 20.3. The van der Waals surface area contributed by atoms with E-state index in [1.807, 2.05) is 0 Å². The highest BCUT2D eigenvalue weighted by molar-refractivity contribution is 5.68. The van der Waals surface area contributed by atoms with Gasteiger partial charge >= 0.3 is 0 Å². The van der Waals surface area contributed by atoms with Crippen molar-refractivity contribution in [1.82, 2.24) is 0 Å². The molecule has 2 rings (SSSR count). The van der Waals surface area contributed by atoms with Crippen LogP contribution in [-0.2, 0) is 11.2 Å². The van der Waals surface area contributed by atoms with E-state index in [9.17, 15) is 9.18 Å². The van der Waals surface area contributed by atoms with Gasteiger partial charge in [-0.05, 0) is 29.7 Å². The lowest BCUT2D eigenvalue weighted by Crippen LogP contribution is -2.18. The van der Waals surface area contributed by atoms with Crippen molar-refractivity contribution in [3.05, 3.63) is 35.1 Å². The summed E-state index contributed by atoms with van der Waals surface area (Å²) >= 11 is 0. The summed E-state index contributed by atoms with van der Waals surface area (Å²) in [5.41, 5.74) is 1.96. The Bertz CT molecular complexity index is 306. The minimum atomic E-state index is -0.254. The van der Waals surface area contributed by atoms with Crippen molar-refractivity contribution in [1.29, 1.82) is 0 Å². The van der Waals surface area contributed by atoms with Gasteiger partial charge in [-0.25, -0.2) is 4.39 Å². The highest BCUT2D eigenvalue weighted by atomic mass is 19.1. The molecule has 1 aliphatic rings. The monoisotopic (exact) mass is 150 g/mol. The number of aldehydes is 1. The van der Waals surface area contributed by atoms with Crippen molar-refractivity contribution in [2.24, 2.45) is 0 Å². The zero-order valence-corrected chi connectivity index (χ0v) is 5.88. The van der Waals surface area contributed by atoms with E-state index in [0.717, 1.165) is 23.8 Å². The lowest BCUT2D eigenvalue weighted by atomic mass is 9.78. The summed E-state index contributed by atoms with van der Waals surface area (Å²) in [6.07, 6.45) is 1.65. The number of carbonyl (C=O) groups is 1. The third kappa shape index (κ3) is 0.862. The van der Waals surface area contributed by atoms with E-state index >= 15 is 0 Å². The highest BCUT2D eigenvalue weighted by Gasteiger charge is 2.25. The minimum Gasteiger partial charge on any atom is -0.303 e. The molecule has 11 heavy (non-hydrogen) atoms. The molecule has 1 aromatic rings. The van der Waals surface area contributed by atoms with Gasteiger partial charge in [-0.2, -0.15) is 0 Å². The van der Waals surface area contributed by atoms with Crippen LogP contribution in [0.15, 0.2) is 18.2 Å². The Kier molecular flexibility index (Phi) is 1.28. The van der Waals surface area contributed by atoms with E-state index in [4.69, 9.17) is 0 Å². The van der Waals surface area contributed by atoms with Gasteiger partial charge < -0.3 is 4.79 Å². The Balaban J connectivity index is 2.44. The second-order valence-corrected chi connectivity index (χ2v) is 2.79. The average molecular weight is 150 g/mol. The molecule has 2 heteroatoms. The minimum absolute atomic E-state index is 0.0549. The van der Waals surface area contributed by atoms with Crippen molar-refractivity contribution in [3.8, 4) is 0 Å². The lowest BCUT2D eigenvalue weighted by Gasteiger charge is -2.24. The topological polar surface area (TPSA) is 17.1 Å².